The molecule has 1 aromatic rings. The van der Waals surface area contributed by atoms with Crippen molar-refractivity contribution in [3.05, 3.63) is 29.8 Å². The summed E-state index contributed by atoms with van der Waals surface area (Å²) in [6.07, 6.45) is -1.53. The number of aliphatic carboxylic acids is 1. The van der Waals surface area contributed by atoms with Crippen molar-refractivity contribution in [2.24, 2.45) is 0 Å². The summed E-state index contributed by atoms with van der Waals surface area (Å²) in [5.74, 6) is -3.56. The molecule has 1 heterocycles. The van der Waals surface area contributed by atoms with Gasteiger partial charge in [0.1, 0.15) is 5.82 Å². The molecule has 0 bridgehead atoms. The van der Waals surface area contributed by atoms with Crippen LogP contribution in [0.1, 0.15) is 6.92 Å². The molecule has 2 rings (SSSR count). The van der Waals surface area contributed by atoms with Crippen molar-refractivity contribution in [1.29, 1.82) is 0 Å². The summed E-state index contributed by atoms with van der Waals surface area (Å²) in [6.45, 7) is 1.29. The average molecular weight is 315 g/mol. The first-order valence-corrected chi connectivity index (χ1v) is 6.60. The van der Waals surface area contributed by atoms with Crippen LogP contribution in [0.15, 0.2) is 18.2 Å². The van der Waals surface area contributed by atoms with Gasteiger partial charge in [-0.1, -0.05) is 0 Å². The number of benzene rings is 1. The molecule has 1 saturated heterocycles. The summed E-state index contributed by atoms with van der Waals surface area (Å²) in [5.41, 5.74) is 0. The van der Waals surface area contributed by atoms with E-state index >= 15 is 0 Å². The van der Waals surface area contributed by atoms with Gasteiger partial charge in [0.05, 0.1) is 12.6 Å². The molecule has 1 aliphatic rings. The normalized spacial score (nSPS) is 21.5. The summed E-state index contributed by atoms with van der Waals surface area (Å²) in [7, 11) is 0. The van der Waals surface area contributed by atoms with Crippen LogP contribution in [-0.2, 0) is 14.3 Å². The number of halogens is 2. The molecule has 1 amide bonds. The third-order valence-electron chi connectivity index (χ3n) is 3.13. The lowest BCUT2D eigenvalue weighted by atomic mass is 10.2. The molecule has 1 fully saturated rings. The quantitative estimate of drug-likeness (QED) is 0.898. The largest absolute Gasteiger partial charge is 0.481 e. The molecule has 1 unspecified atom stereocenters. The van der Waals surface area contributed by atoms with E-state index in [0.29, 0.717) is 6.07 Å². The maximum absolute atomic E-state index is 13.4. The lowest BCUT2D eigenvalue weighted by molar-refractivity contribution is -0.167. The molecule has 0 saturated carbocycles. The number of hydrogen-bond donors (Lipinski definition) is 1. The molecule has 0 aromatic heterocycles. The minimum atomic E-state index is -1.16. The number of carboxylic acids is 1. The number of carboxylic acid groups (broad SMARTS) is 1. The van der Waals surface area contributed by atoms with Crippen molar-refractivity contribution in [1.82, 2.24) is 4.90 Å². The Balaban J connectivity index is 1.95. The fourth-order valence-corrected chi connectivity index (χ4v) is 2.11. The van der Waals surface area contributed by atoms with Gasteiger partial charge in [0, 0.05) is 12.6 Å². The predicted octanol–water partition coefficient (Wildman–Crippen LogP) is 1.04. The molecule has 22 heavy (non-hydrogen) atoms. The molecule has 1 N–H and O–H groups in total. The highest BCUT2D eigenvalue weighted by Crippen LogP contribution is 2.18. The maximum atomic E-state index is 13.4. The molecule has 120 valence electrons. The number of rotatable bonds is 4. The van der Waals surface area contributed by atoms with Crippen LogP contribution in [0.2, 0.25) is 0 Å². The SMILES string of the molecule is C[C@@H]1CN(C(=O)COc2ccc(F)cc2F)CC(C(=O)O)O1. The summed E-state index contributed by atoms with van der Waals surface area (Å²) >= 11 is 0. The van der Waals surface area contributed by atoms with Gasteiger partial charge < -0.3 is 19.5 Å². The molecule has 8 heteroatoms. The number of carbonyl (C=O) groups excluding carboxylic acids is 1. The van der Waals surface area contributed by atoms with Crippen molar-refractivity contribution >= 4 is 11.9 Å². The number of ether oxygens (including phenoxy) is 2. The molecular formula is C14H15F2NO5. The summed E-state index contributed by atoms with van der Waals surface area (Å²) < 4.78 is 36.3. The van der Waals surface area contributed by atoms with Gasteiger partial charge in [-0.05, 0) is 19.1 Å². The van der Waals surface area contributed by atoms with Crippen LogP contribution >= 0.6 is 0 Å². The maximum Gasteiger partial charge on any atom is 0.334 e. The van der Waals surface area contributed by atoms with Crippen LogP contribution in [0, 0.1) is 11.6 Å². The Bertz CT molecular complexity index is 580. The van der Waals surface area contributed by atoms with Crippen LogP contribution in [0.4, 0.5) is 8.78 Å². The smallest absolute Gasteiger partial charge is 0.334 e. The van der Waals surface area contributed by atoms with Crippen LogP contribution in [0.25, 0.3) is 0 Å². The molecule has 0 spiro atoms. The summed E-state index contributed by atoms with van der Waals surface area (Å²) in [5, 5.41) is 8.95. The van der Waals surface area contributed by atoms with Crippen LogP contribution < -0.4 is 4.74 Å². The Morgan fingerprint density at radius 1 is 1.41 bits per heavy atom. The highest BCUT2D eigenvalue weighted by atomic mass is 19.1. The first-order chi connectivity index (χ1) is 10.4. The number of nitrogens with zero attached hydrogens (tertiary/aromatic N) is 1. The van der Waals surface area contributed by atoms with Gasteiger partial charge in [0.15, 0.2) is 24.3 Å². The van der Waals surface area contributed by atoms with Crippen molar-refractivity contribution in [2.75, 3.05) is 19.7 Å². The zero-order valence-corrected chi connectivity index (χ0v) is 11.8. The second-order valence-electron chi connectivity index (χ2n) is 4.94. The molecule has 1 aliphatic heterocycles. The van der Waals surface area contributed by atoms with E-state index in [-0.39, 0.29) is 18.8 Å². The van der Waals surface area contributed by atoms with Gasteiger partial charge in [-0.25, -0.2) is 13.6 Å². The number of amides is 1. The van der Waals surface area contributed by atoms with Crippen LogP contribution in [0.3, 0.4) is 0 Å². The van der Waals surface area contributed by atoms with E-state index < -0.39 is 42.3 Å². The van der Waals surface area contributed by atoms with Crippen LogP contribution in [-0.4, -0.2) is 53.8 Å². The van der Waals surface area contributed by atoms with Gasteiger partial charge >= 0.3 is 5.97 Å². The van der Waals surface area contributed by atoms with Crippen molar-refractivity contribution in [3.63, 3.8) is 0 Å². The molecule has 0 radical (unpaired) electrons. The predicted molar refractivity (Wildman–Crippen MR) is 70.4 cm³/mol. The minimum Gasteiger partial charge on any atom is -0.481 e. The second-order valence-corrected chi connectivity index (χ2v) is 4.94. The van der Waals surface area contributed by atoms with Crippen molar-refractivity contribution in [3.8, 4) is 5.75 Å². The minimum absolute atomic E-state index is 0.103. The zero-order chi connectivity index (χ0) is 16.3. The Morgan fingerprint density at radius 3 is 2.77 bits per heavy atom. The Kier molecular flexibility index (Phi) is 4.92. The Morgan fingerprint density at radius 2 is 2.14 bits per heavy atom. The molecule has 0 aliphatic carbocycles. The third kappa shape index (κ3) is 3.91. The molecule has 1 aromatic carbocycles. The van der Waals surface area contributed by atoms with E-state index in [2.05, 4.69) is 0 Å². The van der Waals surface area contributed by atoms with Crippen molar-refractivity contribution < 1.29 is 33.0 Å². The fraction of sp³-hybridized carbons (Fsp3) is 0.429. The monoisotopic (exact) mass is 315 g/mol. The highest BCUT2D eigenvalue weighted by molar-refractivity contribution is 5.80. The third-order valence-corrected chi connectivity index (χ3v) is 3.13. The van der Waals surface area contributed by atoms with Crippen LogP contribution in [0.5, 0.6) is 5.75 Å². The van der Waals surface area contributed by atoms with Gasteiger partial charge in [0.25, 0.3) is 5.91 Å². The number of carbonyl (C=O) groups is 2. The van der Waals surface area contributed by atoms with Gasteiger partial charge in [-0.2, -0.15) is 0 Å². The summed E-state index contributed by atoms with van der Waals surface area (Å²) in [4.78, 5) is 24.3. The highest BCUT2D eigenvalue weighted by Gasteiger charge is 2.32. The first kappa shape index (κ1) is 16.2. The first-order valence-electron chi connectivity index (χ1n) is 6.60. The van der Waals surface area contributed by atoms with E-state index in [0.717, 1.165) is 12.1 Å². The van der Waals surface area contributed by atoms with Crippen molar-refractivity contribution in [2.45, 2.75) is 19.1 Å². The Labute approximate surface area is 125 Å². The van der Waals surface area contributed by atoms with E-state index in [1.54, 1.807) is 6.92 Å². The Hall–Kier alpha value is -2.22. The van der Waals surface area contributed by atoms with Gasteiger partial charge in [-0.15, -0.1) is 0 Å². The average Bonchev–Trinajstić information content (AvgIpc) is 2.45. The van der Waals surface area contributed by atoms with E-state index in [1.807, 2.05) is 0 Å². The second kappa shape index (κ2) is 6.69. The molecular weight excluding hydrogens is 300 g/mol. The zero-order valence-electron chi connectivity index (χ0n) is 11.8. The van der Waals surface area contributed by atoms with E-state index in [1.165, 1.54) is 4.90 Å². The molecule has 2 atom stereocenters. The molecule has 6 nitrogen and oxygen atoms in total. The van der Waals surface area contributed by atoms with E-state index in [9.17, 15) is 18.4 Å². The fourth-order valence-electron chi connectivity index (χ4n) is 2.11. The van der Waals surface area contributed by atoms with Gasteiger partial charge in [-0.3, -0.25) is 4.79 Å². The standard InChI is InChI=1S/C14H15F2NO5/c1-8-5-17(6-12(22-8)14(19)20)13(18)7-21-11-3-2-9(15)4-10(11)16/h2-4,8,12H,5-7H2,1H3,(H,19,20)/t8-,12?/m1/s1. The lowest BCUT2D eigenvalue weighted by Gasteiger charge is -2.34. The number of hydrogen-bond acceptors (Lipinski definition) is 4. The topological polar surface area (TPSA) is 76.1 Å². The number of morpholine rings is 1. The van der Waals surface area contributed by atoms with E-state index in [4.69, 9.17) is 14.6 Å². The van der Waals surface area contributed by atoms with Gasteiger partial charge in [0.2, 0.25) is 0 Å². The summed E-state index contributed by atoms with van der Waals surface area (Å²) in [6, 6.07) is 2.75. The lowest BCUT2D eigenvalue weighted by Crippen LogP contribution is -2.52.